The van der Waals surface area contributed by atoms with Crippen molar-refractivity contribution in [3.05, 3.63) is 88.0 Å². The predicted molar refractivity (Wildman–Crippen MR) is 128 cm³/mol. The summed E-state index contributed by atoms with van der Waals surface area (Å²) in [5, 5.41) is 2.44. The molecular weight excluding hydrogens is 442 g/mol. The Morgan fingerprint density at radius 3 is 2.41 bits per heavy atom. The SMILES string of the molecule is O=C([C@H](Sc1nc2sccc2c(=O)n1-c1ccccc1)c1ccccc1)N1CCOCC1. The fourth-order valence-electron chi connectivity index (χ4n) is 3.72. The molecular formula is C24H21N3O3S2. The van der Waals surface area contributed by atoms with Crippen LogP contribution in [-0.2, 0) is 9.53 Å². The molecule has 2 aromatic carbocycles. The number of carbonyl (C=O) groups excluding carboxylic acids is 1. The lowest BCUT2D eigenvalue weighted by Gasteiger charge is -2.30. The van der Waals surface area contributed by atoms with E-state index in [0.717, 1.165) is 11.3 Å². The van der Waals surface area contributed by atoms with Gasteiger partial charge in [0.15, 0.2) is 5.16 Å². The second kappa shape index (κ2) is 9.28. The maximum absolute atomic E-state index is 13.6. The fraction of sp³-hybridized carbons (Fsp3) is 0.208. The summed E-state index contributed by atoms with van der Waals surface area (Å²) in [6.07, 6.45) is 0. The number of thiophene rings is 1. The van der Waals surface area contributed by atoms with Crippen LogP contribution in [0.1, 0.15) is 10.8 Å². The summed E-state index contributed by atoms with van der Waals surface area (Å²) in [4.78, 5) is 34.3. The van der Waals surface area contributed by atoms with E-state index in [1.807, 2.05) is 70.9 Å². The van der Waals surface area contributed by atoms with Crippen LogP contribution in [-0.4, -0.2) is 46.7 Å². The Morgan fingerprint density at radius 2 is 1.69 bits per heavy atom. The van der Waals surface area contributed by atoms with Gasteiger partial charge in [-0.25, -0.2) is 4.98 Å². The topological polar surface area (TPSA) is 64.4 Å². The quantitative estimate of drug-likeness (QED) is 0.329. The maximum atomic E-state index is 13.6. The molecule has 1 aliphatic rings. The normalized spacial score (nSPS) is 15.1. The van der Waals surface area contributed by atoms with Crippen molar-refractivity contribution in [2.75, 3.05) is 26.3 Å². The third-order valence-electron chi connectivity index (χ3n) is 5.35. The van der Waals surface area contributed by atoms with Gasteiger partial charge in [-0.2, -0.15) is 0 Å². The monoisotopic (exact) mass is 463 g/mol. The zero-order valence-electron chi connectivity index (χ0n) is 17.2. The van der Waals surface area contributed by atoms with Crippen molar-refractivity contribution in [2.24, 2.45) is 0 Å². The lowest BCUT2D eigenvalue weighted by atomic mass is 10.1. The van der Waals surface area contributed by atoms with Crippen LogP contribution in [0.3, 0.4) is 0 Å². The maximum Gasteiger partial charge on any atom is 0.267 e. The first kappa shape index (κ1) is 20.9. The molecule has 1 saturated heterocycles. The zero-order chi connectivity index (χ0) is 21.9. The Balaban J connectivity index is 1.62. The third kappa shape index (κ3) is 4.09. The van der Waals surface area contributed by atoms with Gasteiger partial charge in [0.1, 0.15) is 10.1 Å². The van der Waals surface area contributed by atoms with Crippen LogP contribution in [0, 0.1) is 0 Å². The molecule has 32 heavy (non-hydrogen) atoms. The van der Waals surface area contributed by atoms with Crippen molar-refractivity contribution in [1.82, 2.24) is 14.5 Å². The predicted octanol–water partition coefficient (Wildman–Crippen LogP) is 4.14. The number of aromatic nitrogens is 2. The van der Waals surface area contributed by atoms with Gasteiger partial charge in [0, 0.05) is 13.1 Å². The highest BCUT2D eigenvalue weighted by molar-refractivity contribution is 8.00. The van der Waals surface area contributed by atoms with Crippen molar-refractivity contribution < 1.29 is 9.53 Å². The van der Waals surface area contributed by atoms with Gasteiger partial charge >= 0.3 is 0 Å². The second-order valence-electron chi connectivity index (χ2n) is 7.36. The Labute approximate surface area is 193 Å². The molecule has 0 radical (unpaired) electrons. The second-order valence-corrected chi connectivity index (χ2v) is 9.32. The first-order chi connectivity index (χ1) is 15.7. The van der Waals surface area contributed by atoms with Crippen molar-refractivity contribution in [3.8, 4) is 5.69 Å². The molecule has 0 unspecified atom stereocenters. The number of ether oxygens (including phenoxy) is 1. The van der Waals surface area contributed by atoms with Gasteiger partial charge in [0.2, 0.25) is 5.91 Å². The van der Waals surface area contributed by atoms with E-state index in [9.17, 15) is 9.59 Å². The van der Waals surface area contributed by atoms with Crippen LogP contribution in [0.4, 0.5) is 0 Å². The van der Waals surface area contributed by atoms with Gasteiger partial charge < -0.3 is 9.64 Å². The van der Waals surface area contributed by atoms with Crippen molar-refractivity contribution in [2.45, 2.75) is 10.4 Å². The van der Waals surface area contributed by atoms with Gasteiger partial charge in [0.25, 0.3) is 5.56 Å². The van der Waals surface area contributed by atoms with E-state index in [0.29, 0.717) is 41.7 Å². The van der Waals surface area contributed by atoms with Crippen LogP contribution >= 0.6 is 23.1 Å². The Bertz CT molecular complexity index is 1280. The molecule has 8 heteroatoms. The molecule has 0 bridgehead atoms. The molecule has 0 N–H and O–H groups in total. The highest BCUT2D eigenvalue weighted by Gasteiger charge is 2.30. The summed E-state index contributed by atoms with van der Waals surface area (Å²) >= 11 is 2.75. The highest BCUT2D eigenvalue weighted by Crippen LogP contribution is 2.37. The Kier molecular flexibility index (Phi) is 6.07. The number of thioether (sulfide) groups is 1. The van der Waals surface area contributed by atoms with Gasteiger partial charge in [-0.15, -0.1) is 11.3 Å². The zero-order valence-corrected chi connectivity index (χ0v) is 18.8. The number of nitrogens with zero attached hydrogens (tertiary/aromatic N) is 3. The van der Waals surface area contributed by atoms with E-state index in [4.69, 9.17) is 9.72 Å². The van der Waals surface area contributed by atoms with Gasteiger partial charge in [-0.3, -0.25) is 14.2 Å². The van der Waals surface area contributed by atoms with E-state index in [1.165, 1.54) is 23.1 Å². The largest absolute Gasteiger partial charge is 0.378 e. The lowest BCUT2D eigenvalue weighted by Crippen LogP contribution is -2.42. The minimum atomic E-state index is -0.520. The number of amides is 1. The van der Waals surface area contributed by atoms with E-state index in [2.05, 4.69) is 0 Å². The molecule has 6 nitrogen and oxygen atoms in total. The summed E-state index contributed by atoms with van der Waals surface area (Å²) in [6, 6.07) is 20.9. The molecule has 5 rings (SSSR count). The fourth-order valence-corrected chi connectivity index (χ4v) is 5.73. The molecule has 1 atom stereocenters. The number of hydrogen-bond acceptors (Lipinski definition) is 6. The average Bonchev–Trinajstić information content (AvgIpc) is 3.33. The van der Waals surface area contributed by atoms with E-state index < -0.39 is 5.25 Å². The summed E-state index contributed by atoms with van der Waals surface area (Å²) < 4.78 is 7.04. The Morgan fingerprint density at radius 1 is 1.00 bits per heavy atom. The average molecular weight is 464 g/mol. The number of fused-ring (bicyclic) bond motifs is 1. The number of carbonyl (C=O) groups is 1. The number of hydrogen-bond donors (Lipinski definition) is 0. The molecule has 1 amide bonds. The van der Waals surface area contributed by atoms with Crippen LogP contribution in [0.15, 0.2) is 82.1 Å². The first-order valence-electron chi connectivity index (χ1n) is 10.4. The summed E-state index contributed by atoms with van der Waals surface area (Å²) in [5.41, 5.74) is 1.48. The summed E-state index contributed by atoms with van der Waals surface area (Å²) in [6.45, 7) is 2.19. The van der Waals surface area contributed by atoms with Crippen LogP contribution < -0.4 is 5.56 Å². The van der Waals surface area contributed by atoms with Gasteiger partial charge in [-0.1, -0.05) is 60.3 Å². The standard InChI is InChI=1S/C24H21N3O3S2/c28-22-19-11-16-31-21(19)25-24(27(22)18-9-5-2-6-10-18)32-20(17-7-3-1-4-8-17)23(29)26-12-14-30-15-13-26/h1-11,16,20H,12-15H2/t20-/m1/s1. The minimum Gasteiger partial charge on any atom is -0.378 e. The molecule has 162 valence electrons. The van der Waals surface area contributed by atoms with Crippen molar-refractivity contribution in [3.63, 3.8) is 0 Å². The van der Waals surface area contributed by atoms with E-state index in [1.54, 1.807) is 10.6 Å². The van der Waals surface area contributed by atoms with Crippen LogP contribution in [0.25, 0.3) is 15.9 Å². The van der Waals surface area contributed by atoms with Gasteiger partial charge in [0.05, 0.1) is 24.3 Å². The van der Waals surface area contributed by atoms with E-state index in [-0.39, 0.29) is 11.5 Å². The molecule has 1 aliphatic heterocycles. The van der Waals surface area contributed by atoms with E-state index >= 15 is 0 Å². The van der Waals surface area contributed by atoms with Crippen molar-refractivity contribution >= 4 is 39.2 Å². The number of benzene rings is 2. The Hall–Kier alpha value is -2.94. The first-order valence-corrected chi connectivity index (χ1v) is 12.1. The molecule has 0 saturated carbocycles. The number of para-hydroxylation sites is 1. The lowest BCUT2D eigenvalue weighted by molar-refractivity contribution is -0.134. The molecule has 0 aliphatic carbocycles. The third-order valence-corrected chi connectivity index (χ3v) is 7.35. The number of rotatable bonds is 5. The molecule has 0 spiro atoms. The summed E-state index contributed by atoms with van der Waals surface area (Å²) in [5.74, 6) is 0.00429. The highest BCUT2D eigenvalue weighted by atomic mass is 32.2. The van der Waals surface area contributed by atoms with Crippen LogP contribution in [0.2, 0.25) is 0 Å². The van der Waals surface area contributed by atoms with Crippen LogP contribution in [0.5, 0.6) is 0 Å². The molecule has 3 heterocycles. The van der Waals surface area contributed by atoms with Gasteiger partial charge in [-0.05, 0) is 29.1 Å². The molecule has 4 aromatic rings. The molecule has 1 fully saturated rings. The van der Waals surface area contributed by atoms with Crippen molar-refractivity contribution in [1.29, 1.82) is 0 Å². The molecule has 2 aromatic heterocycles. The number of morpholine rings is 1. The minimum absolute atomic E-state index is 0.00429. The summed E-state index contributed by atoms with van der Waals surface area (Å²) in [7, 11) is 0. The smallest absolute Gasteiger partial charge is 0.267 e.